The summed E-state index contributed by atoms with van der Waals surface area (Å²) in [4.78, 5) is 23.9. The number of nitrogen functional groups attached to an aromatic ring is 1. The molecular formula is C20H32ClN3O5. The molecule has 0 aliphatic rings. The molecule has 0 saturated carbocycles. The summed E-state index contributed by atoms with van der Waals surface area (Å²) < 4.78 is 15.5. The Kier molecular flexibility index (Phi) is 12.4. The van der Waals surface area contributed by atoms with Gasteiger partial charge in [0, 0.05) is 32.1 Å². The SMILES string of the molecule is CNc1cc(N(CCCCOC=O)CCCCOC(=O)CCCl)c(OC)cc1N. The predicted octanol–water partition coefficient (Wildman–Crippen LogP) is 3.03. The average Bonchev–Trinajstić information content (AvgIpc) is 2.72. The third-order valence-corrected chi connectivity index (χ3v) is 4.54. The molecule has 0 fully saturated rings. The van der Waals surface area contributed by atoms with Gasteiger partial charge in [0.15, 0.2) is 0 Å². The molecule has 0 bridgehead atoms. The first-order valence-corrected chi connectivity index (χ1v) is 10.3. The number of benzene rings is 1. The Labute approximate surface area is 177 Å². The van der Waals surface area contributed by atoms with E-state index in [9.17, 15) is 9.59 Å². The van der Waals surface area contributed by atoms with Crippen molar-refractivity contribution in [2.24, 2.45) is 0 Å². The summed E-state index contributed by atoms with van der Waals surface area (Å²) in [6.45, 7) is 2.75. The molecule has 0 saturated heterocycles. The maximum absolute atomic E-state index is 11.4. The lowest BCUT2D eigenvalue weighted by atomic mass is 10.1. The lowest BCUT2D eigenvalue weighted by Crippen LogP contribution is -2.27. The van der Waals surface area contributed by atoms with Crippen molar-refractivity contribution in [3.63, 3.8) is 0 Å². The van der Waals surface area contributed by atoms with E-state index in [4.69, 9.17) is 31.5 Å². The van der Waals surface area contributed by atoms with Gasteiger partial charge in [-0.05, 0) is 31.7 Å². The number of nitrogens with two attached hydrogens (primary N) is 1. The Morgan fingerprint density at radius 2 is 1.90 bits per heavy atom. The highest BCUT2D eigenvalue weighted by Gasteiger charge is 2.15. The maximum atomic E-state index is 11.4. The number of nitrogens with one attached hydrogen (secondary N) is 1. The molecule has 164 valence electrons. The number of rotatable bonds is 16. The first-order valence-electron chi connectivity index (χ1n) is 9.74. The highest BCUT2D eigenvalue weighted by Crippen LogP contribution is 2.36. The molecule has 1 rings (SSSR count). The fraction of sp³-hybridized carbons (Fsp3) is 0.600. The largest absolute Gasteiger partial charge is 0.495 e. The number of halogens is 1. The molecule has 9 heteroatoms. The normalized spacial score (nSPS) is 10.3. The Bertz CT molecular complexity index is 630. The molecule has 0 aliphatic heterocycles. The Hall–Kier alpha value is -2.35. The van der Waals surface area contributed by atoms with Crippen LogP contribution in [0.15, 0.2) is 12.1 Å². The number of anilines is 3. The van der Waals surface area contributed by atoms with Gasteiger partial charge in [-0.15, -0.1) is 11.6 Å². The van der Waals surface area contributed by atoms with Gasteiger partial charge in [-0.3, -0.25) is 9.59 Å². The third-order valence-electron chi connectivity index (χ3n) is 4.35. The zero-order valence-electron chi connectivity index (χ0n) is 17.2. The van der Waals surface area contributed by atoms with Crippen LogP contribution in [0.4, 0.5) is 17.1 Å². The molecule has 3 N–H and O–H groups in total. The van der Waals surface area contributed by atoms with Gasteiger partial charge >= 0.3 is 5.97 Å². The van der Waals surface area contributed by atoms with Crippen LogP contribution in [0.3, 0.4) is 0 Å². The van der Waals surface area contributed by atoms with Crippen LogP contribution in [-0.2, 0) is 19.1 Å². The lowest BCUT2D eigenvalue weighted by molar-refractivity contribution is -0.143. The van der Waals surface area contributed by atoms with Gasteiger partial charge in [0.2, 0.25) is 0 Å². The van der Waals surface area contributed by atoms with Crippen molar-refractivity contribution < 1.29 is 23.8 Å². The van der Waals surface area contributed by atoms with Crippen LogP contribution >= 0.6 is 11.6 Å². The Morgan fingerprint density at radius 3 is 2.48 bits per heavy atom. The van der Waals surface area contributed by atoms with Crippen molar-refractivity contribution in [3.05, 3.63) is 12.1 Å². The number of hydrogen-bond donors (Lipinski definition) is 2. The standard InChI is InChI=1S/C20H32ClN3O5/c1-23-17-14-18(19(27-2)13-16(17)22)24(9-3-5-11-28-15-25)10-4-6-12-29-20(26)7-8-21/h13-15,23H,3-12,22H2,1-2H3. The van der Waals surface area contributed by atoms with Gasteiger partial charge < -0.3 is 30.2 Å². The third kappa shape index (κ3) is 9.13. The Balaban J connectivity index is 2.75. The summed E-state index contributed by atoms with van der Waals surface area (Å²) in [5.74, 6) is 0.690. The molecule has 0 unspecified atom stereocenters. The summed E-state index contributed by atoms with van der Waals surface area (Å²) in [5, 5.41) is 3.09. The fourth-order valence-corrected chi connectivity index (χ4v) is 2.99. The molecule has 0 spiro atoms. The molecule has 8 nitrogen and oxygen atoms in total. The van der Waals surface area contributed by atoms with Crippen molar-refractivity contribution in [2.45, 2.75) is 32.1 Å². The second-order valence-corrected chi connectivity index (χ2v) is 6.77. The van der Waals surface area contributed by atoms with E-state index in [-0.39, 0.29) is 18.3 Å². The summed E-state index contributed by atoms with van der Waals surface area (Å²) in [6.07, 6.45) is 3.42. The summed E-state index contributed by atoms with van der Waals surface area (Å²) >= 11 is 5.53. The van der Waals surface area contributed by atoms with Gasteiger partial charge in [0.05, 0.1) is 43.8 Å². The second kappa shape index (κ2) is 14.6. The number of ether oxygens (including phenoxy) is 3. The molecule has 0 atom stereocenters. The predicted molar refractivity (Wildman–Crippen MR) is 116 cm³/mol. The van der Waals surface area contributed by atoms with E-state index in [0.717, 1.165) is 50.1 Å². The van der Waals surface area contributed by atoms with Crippen LogP contribution in [-0.4, -0.2) is 58.8 Å². The molecule has 0 amide bonds. The number of carbonyl (C=O) groups is 2. The molecular weight excluding hydrogens is 398 g/mol. The number of esters is 1. The van der Waals surface area contributed by atoms with E-state index in [1.165, 1.54) is 0 Å². The van der Waals surface area contributed by atoms with Crippen molar-refractivity contribution in [1.82, 2.24) is 0 Å². The van der Waals surface area contributed by atoms with Crippen molar-refractivity contribution in [1.29, 1.82) is 0 Å². The maximum Gasteiger partial charge on any atom is 0.306 e. The topological polar surface area (TPSA) is 103 Å². The van der Waals surface area contributed by atoms with Gasteiger partial charge in [0.1, 0.15) is 5.75 Å². The minimum Gasteiger partial charge on any atom is -0.495 e. The zero-order valence-corrected chi connectivity index (χ0v) is 18.0. The molecule has 0 heterocycles. The first kappa shape index (κ1) is 24.7. The van der Waals surface area contributed by atoms with Crippen LogP contribution < -0.4 is 20.7 Å². The minimum atomic E-state index is -0.272. The molecule has 1 aromatic rings. The number of methoxy groups -OCH3 is 1. The minimum absolute atomic E-state index is 0.228. The van der Waals surface area contributed by atoms with E-state index in [2.05, 4.69) is 10.2 Å². The van der Waals surface area contributed by atoms with Crippen LogP contribution in [0.25, 0.3) is 0 Å². The van der Waals surface area contributed by atoms with E-state index in [0.29, 0.717) is 31.1 Å². The molecule has 0 aromatic heterocycles. The Morgan fingerprint density at radius 1 is 1.21 bits per heavy atom. The molecule has 0 radical (unpaired) electrons. The molecule has 0 aliphatic carbocycles. The summed E-state index contributed by atoms with van der Waals surface area (Å²) in [6, 6.07) is 3.77. The van der Waals surface area contributed by atoms with Crippen molar-refractivity contribution >= 4 is 41.1 Å². The lowest BCUT2D eigenvalue weighted by Gasteiger charge is -2.27. The van der Waals surface area contributed by atoms with Gasteiger partial charge in [-0.1, -0.05) is 0 Å². The van der Waals surface area contributed by atoms with Crippen LogP contribution in [0.5, 0.6) is 5.75 Å². The second-order valence-electron chi connectivity index (χ2n) is 6.39. The van der Waals surface area contributed by atoms with E-state index >= 15 is 0 Å². The van der Waals surface area contributed by atoms with Gasteiger partial charge in [0.25, 0.3) is 6.47 Å². The van der Waals surface area contributed by atoms with Gasteiger partial charge in [-0.25, -0.2) is 0 Å². The van der Waals surface area contributed by atoms with Crippen molar-refractivity contribution in [2.75, 3.05) is 62.3 Å². The number of nitrogens with zero attached hydrogens (tertiary/aromatic N) is 1. The zero-order chi connectivity index (χ0) is 21.5. The number of carbonyl (C=O) groups excluding carboxylic acids is 2. The van der Waals surface area contributed by atoms with Crippen LogP contribution in [0.2, 0.25) is 0 Å². The number of unbranched alkanes of at least 4 members (excludes halogenated alkanes) is 2. The van der Waals surface area contributed by atoms with E-state index in [1.807, 2.05) is 13.1 Å². The quantitative estimate of drug-likeness (QED) is 0.136. The van der Waals surface area contributed by atoms with Crippen molar-refractivity contribution in [3.8, 4) is 5.75 Å². The molecule has 29 heavy (non-hydrogen) atoms. The average molecular weight is 430 g/mol. The van der Waals surface area contributed by atoms with Crippen LogP contribution in [0, 0.1) is 0 Å². The number of hydrogen-bond acceptors (Lipinski definition) is 8. The van der Waals surface area contributed by atoms with Crippen LogP contribution in [0.1, 0.15) is 32.1 Å². The monoisotopic (exact) mass is 429 g/mol. The smallest absolute Gasteiger partial charge is 0.306 e. The van der Waals surface area contributed by atoms with E-state index < -0.39 is 0 Å². The fourth-order valence-electron chi connectivity index (χ4n) is 2.84. The van der Waals surface area contributed by atoms with E-state index in [1.54, 1.807) is 13.2 Å². The summed E-state index contributed by atoms with van der Waals surface area (Å²) in [5.41, 5.74) is 8.42. The number of alkyl halides is 1. The highest BCUT2D eigenvalue weighted by atomic mass is 35.5. The van der Waals surface area contributed by atoms with Gasteiger partial charge in [-0.2, -0.15) is 0 Å². The first-order chi connectivity index (χ1) is 14.1. The molecule has 1 aromatic carbocycles. The highest BCUT2D eigenvalue weighted by molar-refractivity contribution is 6.18. The summed E-state index contributed by atoms with van der Waals surface area (Å²) in [7, 11) is 3.43.